The molecule has 0 aromatic heterocycles. The van der Waals surface area contributed by atoms with Gasteiger partial charge in [-0.05, 0) is 43.3 Å². The molecule has 0 aliphatic heterocycles. The fraction of sp³-hybridized carbons (Fsp3) is 0.111. The van der Waals surface area contributed by atoms with Crippen LogP contribution in [0, 0.1) is 6.92 Å². The standard InChI is InChI=1S/C18H16BrNO4/c1-12-2-6-15(7-3-12)20-17(21)11-24-16-8-5-14(19)10-13(16)4-9-18(22)23/h2-10H,11H2,1H3,(H,20,21)(H,22,23). The smallest absolute Gasteiger partial charge is 0.328 e. The van der Waals surface area contributed by atoms with Gasteiger partial charge < -0.3 is 15.2 Å². The van der Waals surface area contributed by atoms with Crippen LogP contribution in [0.2, 0.25) is 0 Å². The monoisotopic (exact) mass is 389 g/mol. The first-order valence-electron chi connectivity index (χ1n) is 7.14. The van der Waals surface area contributed by atoms with Gasteiger partial charge in [-0.15, -0.1) is 0 Å². The molecule has 2 rings (SSSR count). The summed E-state index contributed by atoms with van der Waals surface area (Å²) in [5.41, 5.74) is 2.36. The van der Waals surface area contributed by atoms with E-state index in [0.29, 0.717) is 17.0 Å². The topological polar surface area (TPSA) is 75.6 Å². The molecular formula is C18H16BrNO4. The van der Waals surface area contributed by atoms with Crippen LogP contribution in [0.3, 0.4) is 0 Å². The maximum Gasteiger partial charge on any atom is 0.328 e. The Kier molecular flexibility index (Phi) is 6.14. The van der Waals surface area contributed by atoms with Crippen molar-refractivity contribution in [1.82, 2.24) is 0 Å². The number of aryl methyl sites for hydroxylation is 1. The number of hydrogen-bond donors (Lipinski definition) is 2. The molecule has 1 amide bonds. The highest BCUT2D eigenvalue weighted by Gasteiger charge is 2.07. The molecule has 0 fully saturated rings. The van der Waals surface area contributed by atoms with Gasteiger partial charge in [0.2, 0.25) is 0 Å². The van der Waals surface area contributed by atoms with Crippen molar-refractivity contribution >= 4 is 39.6 Å². The van der Waals surface area contributed by atoms with Crippen molar-refractivity contribution in [1.29, 1.82) is 0 Å². The molecule has 0 saturated heterocycles. The highest BCUT2D eigenvalue weighted by Crippen LogP contribution is 2.24. The molecule has 0 aliphatic carbocycles. The van der Waals surface area contributed by atoms with E-state index in [1.807, 2.05) is 31.2 Å². The lowest BCUT2D eigenvalue weighted by Crippen LogP contribution is -2.20. The quantitative estimate of drug-likeness (QED) is 0.735. The van der Waals surface area contributed by atoms with Crippen LogP contribution in [0.1, 0.15) is 11.1 Å². The largest absolute Gasteiger partial charge is 0.483 e. The van der Waals surface area contributed by atoms with Gasteiger partial charge in [0.1, 0.15) is 5.75 Å². The van der Waals surface area contributed by atoms with Crippen LogP contribution in [0.15, 0.2) is 53.0 Å². The number of carbonyl (C=O) groups is 2. The van der Waals surface area contributed by atoms with E-state index in [4.69, 9.17) is 9.84 Å². The minimum Gasteiger partial charge on any atom is -0.483 e. The van der Waals surface area contributed by atoms with Crippen molar-refractivity contribution in [3.63, 3.8) is 0 Å². The molecular weight excluding hydrogens is 374 g/mol. The van der Waals surface area contributed by atoms with Crippen LogP contribution in [0.25, 0.3) is 6.08 Å². The Hall–Kier alpha value is -2.60. The van der Waals surface area contributed by atoms with Crippen molar-refractivity contribution in [2.45, 2.75) is 6.92 Å². The van der Waals surface area contributed by atoms with Crippen molar-refractivity contribution in [2.75, 3.05) is 11.9 Å². The molecule has 5 nitrogen and oxygen atoms in total. The zero-order chi connectivity index (χ0) is 17.5. The second-order valence-corrected chi connectivity index (χ2v) is 5.97. The van der Waals surface area contributed by atoms with Gasteiger partial charge >= 0.3 is 5.97 Å². The minimum atomic E-state index is -1.06. The lowest BCUT2D eigenvalue weighted by atomic mass is 10.2. The summed E-state index contributed by atoms with van der Waals surface area (Å²) in [7, 11) is 0. The van der Waals surface area contributed by atoms with Crippen molar-refractivity contribution in [3.8, 4) is 5.75 Å². The average Bonchev–Trinajstić information content (AvgIpc) is 2.54. The van der Waals surface area contributed by atoms with Gasteiger partial charge in [0.05, 0.1) is 0 Å². The number of amides is 1. The zero-order valence-corrected chi connectivity index (χ0v) is 14.5. The van der Waals surface area contributed by atoms with Gasteiger partial charge in [-0.25, -0.2) is 4.79 Å². The van der Waals surface area contributed by atoms with Crippen LogP contribution in [0.5, 0.6) is 5.75 Å². The molecule has 0 aliphatic rings. The summed E-state index contributed by atoms with van der Waals surface area (Å²) in [6.07, 6.45) is 2.43. The molecule has 0 bridgehead atoms. The molecule has 24 heavy (non-hydrogen) atoms. The molecule has 0 radical (unpaired) electrons. The highest BCUT2D eigenvalue weighted by molar-refractivity contribution is 9.10. The number of carboxylic acids is 1. The van der Waals surface area contributed by atoms with Gasteiger partial charge in [0.15, 0.2) is 6.61 Å². The molecule has 6 heteroatoms. The van der Waals surface area contributed by atoms with Gasteiger partial charge in [0, 0.05) is 21.8 Å². The Labute approximate surface area is 148 Å². The number of anilines is 1. The first-order chi connectivity index (χ1) is 11.4. The second-order valence-electron chi connectivity index (χ2n) is 5.06. The third-order valence-electron chi connectivity index (χ3n) is 3.07. The van der Waals surface area contributed by atoms with E-state index in [-0.39, 0.29) is 12.5 Å². The van der Waals surface area contributed by atoms with Gasteiger partial charge in [0.25, 0.3) is 5.91 Å². The molecule has 0 saturated carbocycles. The number of halogens is 1. The number of nitrogens with one attached hydrogen (secondary N) is 1. The van der Waals surface area contributed by atoms with Crippen molar-refractivity contribution in [3.05, 3.63) is 64.1 Å². The number of rotatable bonds is 6. The predicted molar refractivity (Wildman–Crippen MR) is 96.1 cm³/mol. The van der Waals surface area contributed by atoms with Gasteiger partial charge in [-0.1, -0.05) is 33.6 Å². The molecule has 0 atom stereocenters. The van der Waals surface area contributed by atoms with E-state index in [2.05, 4.69) is 21.2 Å². The van der Waals surface area contributed by atoms with E-state index in [1.54, 1.807) is 18.2 Å². The molecule has 124 valence electrons. The summed E-state index contributed by atoms with van der Waals surface area (Å²) in [5.74, 6) is -0.928. The Balaban J connectivity index is 2.01. The lowest BCUT2D eigenvalue weighted by Gasteiger charge is -2.10. The van der Waals surface area contributed by atoms with Crippen LogP contribution < -0.4 is 10.1 Å². The lowest BCUT2D eigenvalue weighted by molar-refractivity contribution is -0.131. The summed E-state index contributed by atoms with van der Waals surface area (Å²) in [5, 5.41) is 11.5. The molecule has 2 N–H and O–H groups in total. The van der Waals surface area contributed by atoms with Crippen LogP contribution in [-0.2, 0) is 9.59 Å². The van der Waals surface area contributed by atoms with E-state index < -0.39 is 5.97 Å². The van der Waals surface area contributed by atoms with Crippen molar-refractivity contribution < 1.29 is 19.4 Å². The number of benzene rings is 2. The Morgan fingerprint density at radius 2 is 1.92 bits per heavy atom. The fourth-order valence-electron chi connectivity index (χ4n) is 1.92. The van der Waals surface area contributed by atoms with Crippen LogP contribution in [-0.4, -0.2) is 23.6 Å². The first-order valence-corrected chi connectivity index (χ1v) is 7.93. The fourth-order valence-corrected chi connectivity index (χ4v) is 2.30. The van der Waals surface area contributed by atoms with Gasteiger partial charge in [-0.2, -0.15) is 0 Å². The second kappa shape index (κ2) is 8.31. The van der Waals surface area contributed by atoms with Gasteiger partial charge in [-0.3, -0.25) is 4.79 Å². The highest BCUT2D eigenvalue weighted by atomic mass is 79.9. The minimum absolute atomic E-state index is 0.177. The van der Waals surface area contributed by atoms with Crippen molar-refractivity contribution in [2.24, 2.45) is 0 Å². The number of carboxylic acid groups (broad SMARTS) is 1. The Bertz CT molecular complexity index is 769. The molecule has 2 aromatic rings. The molecule has 0 unspecified atom stereocenters. The molecule has 0 heterocycles. The van der Waals surface area contributed by atoms with Crippen LogP contribution >= 0.6 is 15.9 Å². The maximum atomic E-state index is 12.0. The molecule has 0 spiro atoms. The number of aliphatic carboxylic acids is 1. The normalized spacial score (nSPS) is 10.6. The van der Waals surface area contributed by atoms with E-state index in [9.17, 15) is 9.59 Å². The summed E-state index contributed by atoms with van der Waals surface area (Å²) >= 11 is 3.32. The SMILES string of the molecule is Cc1ccc(NC(=O)COc2ccc(Br)cc2C=CC(=O)O)cc1. The summed E-state index contributed by atoms with van der Waals surface area (Å²) in [6, 6.07) is 12.6. The maximum absolute atomic E-state index is 12.0. The average molecular weight is 390 g/mol. The van der Waals surface area contributed by atoms with E-state index in [0.717, 1.165) is 16.1 Å². The summed E-state index contributed by atoms with van der Waals surface area (Å²) in [4.78, 5) is 22.6. The van der Waals surface area contributed by atoms with Crippen LogP contribution in [0.4, 0.5) is 5.69 Å². The number of ether oxygens (including phenoxy) is 1. The Morgan fingerprint density at radius 3 is 2.58 bits per heavy atom. The first kappa shape index (κ1) is 17.7. The Morgan fingerprint density at radius 1 is 1.21 bits per heavy atom. The zero-order valence-electron chi connectivity index (χ0n) is 13.0. The predicted octanol–water partition coefficient (Wildman–Crippen LogP) is 3.87. The third kappa shape index (κ3) is 5.55. The third-order valence-corrected chi connectivity index (χ3v) is 3.56. The summed E-state index contributed by atoms with van der Waals surface area (Å²) in [6.45, 7) is 1.79. The molecule has 2 aromatic carbocycles. The van der Waals surface area contributed by atoms with E-state index >= 15 is 0 Å². The number of hydrogen-bond acceptors (Lipinski definition) is 3. The number of carbonyl (C=O) groups excluding carboxylic acids is 1. The van der Waals surface area contributed by atoms with E-state index in [1.165, 1.54) is 6.08 Å². The summed E-state index contributed by atoms with van der Waals surface area (Å²) < 4.78 is 6.29.